The SMILES string of the molecule is CCOC(=O)c1cnc2nc(C)c(OCC)cc2c1Nc1ccc(O)c(C(=O)O)c1.Cl. The number of fused-ring (bicyclic) bond motifs is 1. The molecule has 2 heterocycles. The number of halogens is 1. The predicted octanol–water partition coefficient (Wildman–Crippen LogP) is 4.08. The number of anilines is 2. The normalized spacial score (nSPS) is 10.3. The molecule has 3 aromatic rings. The van der Waals surface area contributed by atoms with Crippen molar-refractivity contribution >= 4 is 46.8 Å². The van der Waals surface area contributed by atoms with Crippen LogP contribution in [0.3, 0.4) is 0 Å². The van der Waals surface area contributed by atoms with E-state index in [0.717, 1.165) is 0 Å². The molecule has 0 bridgehead atoms. The van der Waals surface area contributed by atoms with Gasteiger partial charge in [-0.15, -0.1) is 12.4 Å². The second-order valence-corrected chi connectivity index (χ2v) is 6.31. The number of carbonyl (C=O) groups is 2. The highest BCUT2D eigenvalue weighted by Gasteiger charge is 2.20. The molecule has 0 amide bonds. The number of esters is 1. The molecule has 0 saturated carbocycles. The summed E-state index contributed by atoms with van der Waals surface area (Å²) in [6.45, 7) is 5.94. The molecule has 164 valence electrons. The van der Waals surface area contributed by atoms with E-state index >= 15 is 0 Å². The van der Waals surface area contributed by atoms with Crippen LogP contribution in [0.25, 0.3) is 11.0 Å². The smallest absolute Gasteiger partial charge is 0.341 e. The molecule has 0 fully saturated rings. The Morgan fingerprint density at radius 1 is 1.13 bits per heavy atom. The van der Waals surface area contributed by atoms with Gasteiger partial charge in [-0.2, -0.15) is 0 Å². The highest BCUT2D eigenvalue weighted by Crippen LogP contribution is 2.33. The molecule has 0 unspecified atom stereocenters. The number of benzene rings is 1. The first-order chi connectivity index (χ1) is 14.3. The van der Waals surface area contributed by atoms with E-state index in [9.17, 15) is 19.8 Å². The minimum atomic E-state index is -1.28. The number of aryl methyl sites for hydroxylation is 1. The standard InChI is InChI=1S/C21H21N3O6.ClH/c1-4-29-17-9-14-18(24-12-6-7-16(25)13(8-12)20(26)27)15(21(28)30-5-2)10-22-19(14)23-11(17)3;/h6-10,25H,4-5H2,1-3H3,(H,26,27)(H,22,23,24);1H. The Morgan fingerprint density at radius 3 is 2.52 bits per heavy atom. The Hall–Kier alpha value is -3.59. The summed E-state index contributed by atoms with van der Waals surface area (Å²) < 4.78 is 10.8. The lowest BCUT2D eigenvalue weighted by atomic mass is 10.1. The van der Waals surface area contributed by atoms with E-state index in [1.54, 1.807) is 19.9 Å². The molecule has 3 rings (SSSR count). The van der Waals surface area contributed by atoms with Crippen molar-refractivity contribution in [3.05, 3.63) is 47.3 Å². The fourth-order valence-corrected chi connectivity index (χ4v) is 2.92. The number of nitrogens with zero attached hydrogens (tertiary/aromatic N) is 2. The predicted molar refractivity (Wildman–Crippen MR) is 117 cm³/mol. The van der Waals surface area contributed by atoms with E-state index < -0.39 is 11.9 Å². The van der Waals surface area contributed by atoms with Crippen LogP contribution < -0.4 is 10.1 Å². The molecule has 3 N–H and O–H groups in total. The van der Waals surface area contributed by atoms with Crippen molar-refractivity contribution in [2.24, 2.45) is 0 Å². The van der Waals surface area contributed by atoms with Gasteiger partial charge in [-0.1, -0.05) is 0 Å². The van der Waals surface area contributed by atoms with Crippen LogP contribution in [0.1, 0.15) is 40.3 Å². The summed E-state index contributed by atoms with van der Waals surface area (Å²) in [4.78, 5) is 32.6. The number of ether oxygens (including phenoxy) is 2. The summed E-state index contributed by atoms with van der Waals surface area (Å²) in [6, 6.07) is 5.74. The monoisotopic (exact) mass is 447 g/mol. The number of nitrogens with one attached hydrogen (secondary N) is 1. The molecular formula is C21H22ClN3O6. The summed E-state index contributed by atoms with van der Waals surface area (Å²) in [5.41, 5.74) is 1.59. The van der Waals surface area contributed by atoms with Crippen LogP contribution in [0, 0.1) is 6.92 Å². The summed E-state index contributed by atoms with van der Waals surface area (Å²) in [5, 5.41) is 22.6. The van der Waals surface area contributed by atoms with Gasteiger partial charge in [0, 0.05) is 17.3 Å². The summed E-state index contributed by atoms with van der Waals surface area (Å²) in [5.74, 6) is -1.70. The Morgan fingerprint density at radius 2 is 1.87 bits per heavy atom. The van der Waals surface area contributed by atoms with Crippen LogP contribution >= 0.6 is 12.4 Å². The van der Waals surface area contributed by atoms with E-state index in [-0.39, 0.29) is 35.9 Å². The third-order valence-corrected chi connectivity index (χ3v) is 4.29. The third kappa shape index (κ3) is 4.95. The van der Waals surface area contributed by atoms with Gasteiger partial charge in [0.25, 0.3) is 0 Å². The van der Waals surface area contributed by atoms with Gasteiger partial charge < -0.3 is 25.0 Å². The second-order valence-electron chi connectivity index (χ2n) is 6.31. The van der Waals surface area contributed by atoms with Crippen LogP contribution in [0.4, 0.5) is 11.4 Å². The van der Waals surface area contributed by atoms with Crippen molar-refractivity contribution in [1.29, 1.82) is 0 Å². The lowest BCUT2D eigenvalue weighted by molar-refractivity contribution is 0.0526. The first-order valence-corrected chi connectivity index (χ1v) is 9.29. The number of pyridine rings is 2. The largest absolute Gasteiger partial charge is 0.507 e. The molecule has 31 heavy (non-hydrogen) atoms. The number of hydrogen-bond donors (Lipinski definition) is 3. The second kappa shape index (κ2) is 9.94. The molecule has 0 aliphatic heterocycles. The fraction of sp³-hybridized carbons (Fsp3) is 0.238. The molecular weight excluding hydrogens is 426 g/mol. The van der Waals surface area contributed by atoms with Crippen molar-refractivity contribution in [1.82, 2.24) is 9.97 Å². The number of aromatic carboxylic acids is 1. The van der Waals surface area contributed by atoms with Gasteiger partial charge in [0.15, 0.2) is 5.65 Å². The number of hydrogen-bond acceptors (Lipinski definition) is 8. The van der Waals surface area contributed by atoms with Crippen LogP contribution in [0.15, 0.2) is 30.5 Å². The van der Waals surface area contributed by atoms with E-state index in [1.165, 1.54) is 24.4 Å². The van der Waals surface area contributed by atoms with Gasteiger partial charge in [-0.25, -0.2) is 19.6 Å². The highest BCUT2D eigenvalue weighted by molar-refractivity contribution is 6.06. The summed E-state index contributed by atoms with van der Waals surface area (Å²) in [7, 11) is 0. The van der Waals surface area contributed by atoms with E-state index in [0.29, 0.717) is 40.5 Å². The topological polar surface area (TPSA) is 131 Å². The molecule has 9 nitrogen and oxygen atoms in total. The summed E-state index contributed by atoms with van der Waals surface area (Å²) in [6.07, 6.45) is 1.36. The molecule has 0 aliphatic carbocycles. The number of aromatic nitrogens is 2. The van der Waals surface area contributed by atoms with Gasteiger partial charge in [-0.3, -0.25) is 0 Å². The van der Waals surface area contributed by atoms with Gasteiger partial charge in [0.2, 0.25) is 0 Å². The van der Waals surface area contributed by atoms with Crippen LogP contribution in [0.5, 0.6) is 11.5 Å². The van der Waals surface area contributed by atoms with Crippen molar-refractivity contribution in [3.8, 4) is 11.5 Å². The third-order valence-electron chi connectivity index (χ3n) is 4.29. The van der Waals surface area contributed by atoms with Gasteiger partial charge in [-0.05, 0) is 45.0 Å². The van der Waals surface area contributed by atoms with Crippen LogP contribution in [-0.4, -0.2) is 45.3 Å². The number of carboxylic acid groups (broad SMARTS) is 1. The summed E-state index contributed by atoms with van der Waals surface area (Å²) >= 11 is 0. The Bertz CT molecular complexity index is 1140. The number of carboxylic acids is 1. The Kier molecular flexibility index (Phi) is 7.60. The maximum absolute atomic E-state index is 12.5. The molecule has 0 aliphatic rings. The lowest BCUT2D eigenvalue weighted by Crippen LogP contribution is -2.10. The molecule has 0 radical (unpaired) electrons. The number of aromatic hydroxyl groups is 1. The van der Waals surface area contributed by atoms with Crippen LogP contribution in [0.2, 0.25) is 0 Å². The molecule has 1 aromatic carbocycles. The van der Waals surface area contributed by atoms with Crippen molar-refractivity contribution in [3.63, 3.8) is 0 Å². The first kappa shape index (κ1) is 23.7. The van der Waals surface area contributed by atoms with Crippen molar-refractivity contribution in [2.45, 2.75) is 20.8 Å². The lowest BCUT2D eigenvalue weighted by Gasteiger charge is -2.16. The van der Waals surface area contributed by atoms with Crippen LogP contribution in [-0.2, 0) is 4.74 Å². The zero-order chi connectivity index (χ0) is 21.8. The zero-order valence-corrected chi connectivity index (χ0v) is 17.9. The number of carbonyl (C=O) groups excluding carboxylic acids is 1. The fourth-order valence-electron chi connectivity index (χ4n) is 2.92. The molecule has 0 atom stereocenters. The molecule has 10 heteroatoms. The zero-order valence-electron chi connectivity index (χ0n) is 17.1. The van der Waals surface area contributed by atoms with Crippen molar-refractivity contribution in [2.75, 3.05) is 18.5 Å². The van der Waals surface area contributed by atoms with E-state index in [4.69, 9.17) is 9.47 Å². The molecule has 0 spiro atoms. The minimum Gasteiger partial charge on any atom is -0.507 e. The molecule has 2 aromatic heterocycles. The number of rotatable bonds is 7. The van der Waals surface area contributed by atoms with Gasteiger partial charge in [0.1, 0.15) is 22.6 Å². The average molecular weight is 448 g/mol. The Balaban J connectivity index is 0.00000341. The quantitative estimate of drug-likeness (QED) is 0.362. The minimum absolute atomic E-state index is 0. The van der Waals surface area contributed by atoms with Gasteiger partial charge >= 0.3 is 11.9 Å². The maximum atomic E-state index is 12.5. The first-order valence-electron chi connectivity index (χ1n) is 9.29. The Labute approximate surface area is 184 Å². The maximum Gasteiger partial charge on any atom is 0.341 e. The number of phenols is 1. The average Bonchev–Trinajstić information content (AvgIpc) is 2.70. The molecule has 0 saturated heterocycles. The highest BCUT2D eigenvalue weighted by atomic mass is 35.5. The van der Waals surface area contributed by atoms with E-state index in [2.05, 4.69) is 15.3 Å². The van der Waals surface area contributed by atoms with Crippen molar-refractivity contribution < 1.29 is 29.3 Å². The van der Waals surface area contributed by atoms with Gasteiger partial charge in [0.05, 0.1) is 24.6 Å². The van der Waals surface area contributed by atoms with E-state index in [1.807, 2.05) is 6.92 Å².